The summed E-state index contributed by atoms with van der Waals surface area (Å²) in [6, 6.07) is 13.1. The lowest BCUT2D eigenvalue weighted by atomic mass is 9.75. The number of halogens is 1. The van der Waals surface area contributed by atoms with Gasteiger partial charge < -0.3 is 14.6 Å². The van der Waals surface area contributed by atoms with E-state index in [0.717, 1.165) is 50.2 Å². The summed E-state index contributed by atoms with van der Waals surface area (Å²) in [4.78, 5) is 2.34. The Kier molecular flexibility index (Phi) is 6.34. The van der Waals surface area contributed by atoms with Crippen molar-refractivity contribution in [3.8, 4) is 11.5 Å². The molecule has 1 fully saturated rings. The molecule has 0 spiro atoms. The van der Waals surface area contributed by atoms with E-state index in [0.29, 0.717) is 0 Å². The Hall–Kier alpha value is -2.11. The van der Waals surface area contributed by atoms with Crippen molar-refractivity contribution >= 4 is 0 Å². The molecule has 0 aliphatic carbocycles. The van der Waals surface area contributed by atoms with Crippen molar-refractivity contribution in [3.05, 3.63) is 59.4 Å². The predicted octanol–water partition coefficient (Wildman–Crippen LogP) is 3.66. The SMILES string of the molecule is COc1cccc(CC2(CO)CCCN(Cc3ccc(F)c(OC)c3)C2)c1. The molecule has 0 saturated carbocycles. The fourth-order valence-electron chi connectivity index (χ4n) is 4.05. The van der Waals surface area contributed by atoms with Crippen LogP contribution in [0.4, 0.5) is 4.39 Å². The van der Waals surface area contributed by atoms with Gasteiger partial charge in [-0.05, 0) is 61.2 Å². The number of rotatable bonds is 7. The third-order valence-corrected chi connectivity index (χ3v) is 5.41. The normalized spacial score (nSPS) is 20.4. The van der Waals surface area contributed by atoms with Gasteiger partial charge in [0.2, 0.25) is 0 Å². The summed E-state index contributed by atoms with van der Waals surface area (Å²) in [5.41, 5.74) is 2.02. The largest absolute Gasteiger partial charge is 0.497 e. The average Bonchev–Trinajstić information content (AvgIpc) is 2.70. The van der Waals surface area contributed by atoms with Crippen molar-refractivity contribution in [2.75, 3.05) is 33.9 Å². The summed E-state index contributed by atoms with van der Waals surface area (Å²) >= 11 is 0. The van der Waals surface area contributed by atoms with E-state index in [2.05, 4.69) is 11.0 Å². The number of methoxy groups -OCH3 is 2. The molecule has 1 aliphatic rings. The van der Waals surface area contributed by atoms with E-state index < -0.39 is 0 Å². The number of likely N-dealkylation sites (tertiary alicyclic amines) is 1. The highest BCUT2D eigenvalue weighted by atomic mass is 19.1. The van der Waals surface area contributed by atoms with Crippen molar-refractivity contribution in [2.45, 2.75) is 25.8 Å². The monoisotopic (exact) mass is 373 g/mol. The minimum atomic E-state index is -0.345. The van der Waals surface area contributed by atoms with Crippen LogP contribution in [0.15, 0.2) is 42.5 Å². The smallest absolute Gasteiger partial charge is 0.165 e. The molecule has 146 valence electrons. The lowest BCUT2D eigenvalue weighted by Gasteiger charge is -2.42. The number of aliphatic hydroxyl groups excluding tert-OH is 1. The van der Waals surface area contributed by atoms with E-state index in [1.807, 2.05) is 18.2 Å². The zero-order chi connectivity index (χ0) is 19.3. The molecule has 2 aromatic carbocycles. The van der Waals surface area contributed by atoms with Crippen LogP contribution in [0.25, 0.3) is 0 Å². The van der Waals surface area contributed by atoms with Crippen LogP contribution in [0, 0.1) is 11.2 Å². The molecule has 1 unspecified atom stereocenters. The fraction of sp³-hybridized carbons (Fsp3) is 0.455. The standard InChI is InChI=1S/C22H28FNO3/c1-26-19-6-3-5-17(11-19)13-22(16-25)9-4-10-24(15-22)14-18-7-8-20(23)21(12-18)27-2/h3,5-8,11-12,25H,4,9-10,13-16H2,1-2H3. The summed E-state index contributed by atoms with van der Waals surface area (Å²) in [6.07, 6.45) is 2.83. The van der Waals surface area contributed by atoms with Crippen LogP contribution in [-0.2, 0) is 13.0 Å². The van der Waals surface area contributed by atoms with Gasteiger partial charge in [-0.25, -0.2) is 4.39 Å². The van der Waals surface area contributed by atoms with E-state index in [1.165, 1.54) is 18.7 Å². The van der Waals surface area contributed by atoms with Crippen molar-refractivity contribution in [1.82, 2.24) is 4.90 Å². The van der Waals surface area contributed by atoms with Crippen LogP contribution < -0.4 is 9.47 Å². The molecule has 1 atom stereocenters. The molecule has 0 amide bonds. The molecule has 2 aromatic rings. The average molecular weight is 373 g/mol. The van der Waals surface area contributed by atoms with Crippen LogP contribution >= 0.6 is 0 Å². The van der Waals surface area contributed by atoms with Gasteiger partial charge in [0.25, 0.3) is 0 Å². The molecular weight excluding hydrogens is 345 g/mol. The number of benzene rings is 2. The molecule has 0 radical (unpaired) electrons. The predicted molar refractivity (Wildman–Crippen MR) is 104 cm³/mol. The van der Waals surface area contributed by atoms with E-state index in [1.54, 1.807) is 19.2 Å². The van der Waals surface area contributed by atoms with Gasteiger partial charge in [0.1, 0.15) is 5.75 Å². The minimum absolute atomic E-state index is 0.146. The van der Waals surface area contributed by atoms with Crippen LogP contribution in [0.5, 0.6) is 11.5 Å². The van der Waals surface area contributed by atoms with Gasteiger partial charge >= 0.3 is 0 Å². The second-order valence-corrected chi connectivity index (χ2v) is 7.47. The fourth-order valence-corrected chi connectivity index (χ4v) is 4.05. The molecule has 1 aliphatic heterocycles. The van der Waals surface area contributed by atoms with Gasteiger partial charge in [0.05, 0.1) is 20.8 Å². The lowest BCUT2D eigenvalue weighted by molar-refractivity contribution is 0.0288. The quantitative estimate of drug-likeness (QED) is 0.804. The Morgan fingerprint density at radius 2 is 1.96 bits per heavy atom. The van der Waals surface area contributed by atoms with E-state index >= 15 is 0 Å². The maximum absolute atomic E-state index is 13.6. The molecule has 1 heterocycles. The first-order valence-electron chi connectivity index (χ1n) is 9.36. The zero-order valence-corrected chi connectivity index (χ0v) is 16.1. The van der Waals surface area contributed by atoms with Crippen LogP contribution in [0.3, 0.4) is 0 Å². The molecule has 0 bridgehead atoms. The minimum Gasteiger partial charge on any atom is -0.497 e. The van der Waals surface area contributed by atoms with Gasteiger partial charge in [-0.2, -0.15) is 0 Å². The maximum Gasteiger partial charge on any atom is 0.165 e. The van der Waals surface area contributed by atoms with E-state index in [4.69, 9.17) is 9.47 Å². The molecule has 4 nitrogen and oxygen atoms in total. The summed E-state index contributed by atoms with van der Waals surface area (Å²) in [5, 5.41) is 10.2. The Labute approximate surface area is 160 Å². The highest BCUT2D eigenvalue weighted by Crippen LogP contribution is 2.35. The first-order valence-corrected chi connectivity index (χ1v) is 9.36. The third-order valence-electron chi connectivity index (χ3n) is 5.41. The Balaban J connectivity index is 1.72. The first kappa shape index (κ1) is 19.6. The summed E-state index contributed by atoms with van der Waals surface area (Å²) in [5.74, 6) is 0.767. The maximum atomic E-state index is 13.6. The first-order chi connectivity index (χ1) is 13.1. The van der Waals surface area contributed by atoms with Crippen LogP contribution in [-0.4, -0.2) is 43.9 Å². The molecule has 0 aromatic heterocycles. The highest BCUT2D eigenvalue weighted by molar-refractivity contribution is 5.31. The van der Waals surface area contributed by atoms with Crippen LogP contribution in [0.2, 0.25) is 0 Å². The van der Waals surface area contributed by atoms with Crippen LogP contribution in [0.1, 0.15) is 24.0 Å². The van der Waals surface area contributed by atoms with Crippen molar-refractivity contribution < 1.29 is 19.0 Å². The number of ether oxygens (including phenoxy) is 2. The molecule has 3 rings (SSSR count). The molecule has 5 heteroatoms. The molecule has 27 heavy (non-hydrogen) atoms. The van der Waals surface area contributed by atoms with E-state index in [9.17, 15) is 9.50 Å². The number of nitrogens with zero attached hydrogens (tertiary/aromatic N) is 1. The Bertz CT molecular complexity index is 767. The van der Waals surface area contributed by atoms with Gasteiger partial charge in [-0.15, -0.1) is 0 Å². The van der Waals surface area contributed by atoms with Gasteiger partial charge in [0.15, 0.2) is 11.6 Å². The second kappa shape index (κ2) is 8.72. The number of aliphatic hydroxyl groups is 1. The molecular formula is C22H28FNO3. The summed E-state index contributed by atoms with van der Waals surface area (Å²) < 4.78 is 24.1. The second-order valence-electron chi connectivity index (χ2n) is 7.47. The highest BCUT2D eigenvalue weighted by Gasteiger charge is 2.35. The van der Waals surface area contributed by atoms with Gasteiger partial charge in [0, 0.05) is 18.5 Å². The van der Waals surface area contributed by atoms with Crippen molar-refractivity contribution in [1.29, 1.82) is 0 Å². The number of hydrogen-bond donors (Lipinski definition) is 1. The lowest BCUT2D eigenvalue weighted by Crippen LogP contribution is -2.46. The number of piperidine rings is 1. The molecule has 1 N–H and O–H groups in total. The van der Waals surface area contributed by atoms with Gasteiger partial charge in [-0.1, -0.05) is 18.2 Å². The Morgan fingerprint density at radius 3 is 2.70 bits per heavy atom. The van der Waals surface area contributed by atoms with E-state index in [-0.39, 0.29) is 23.6 Å². The van der Waals surface area contributed by atoms with Gasteiger partial charge in [-0.3, -0.25) is 4.90 Å². The number of hydrogen-bond acceptors (Lipinski definition) is 4. The summed E-state index contributed by atoms with van der Waals surface area (Å²) in [6.45, 7) is 2.64. The zero-order valence-electron chi connectivity index (χ0n) is 16.1. The third kappa shape index (κ3) is 4.79. The topological polar surface area (TPSA) is 41.9 Å². The summed E-state index contributed by atoms with van der Waals surface area (Å²) in [7, 11) is 3.15. The Morgan fingerprint density at radius 1 is 1.11 bits per heavy atom. The van der Waals surface area contributed by atoms with Crippen molar-refractivity contribution in [2.24, 2.45) is 5.41 Å². The molecule has 1 saturated heterocycles. The van der Waals surface area contributed by atoms with Crippen molar-refractivity contribution in [3.63, 3.8) is 0 Å².